The number of amides is 3. The highest BCUT2D eigenvalue weighted by atomic mass is 32.1. The number of carbonyl (C=O) groups is 4. The van der Waals surface area contributed by atoms with Crippen molar-refractivity contribution in [2.75, 3.05) is 18.5 Å². The van der Waals surface area contributed by atoms with Crippen LogP contribution >= 0.6 is 11.3 Å². The third-order valence-corrected chi connectivity index (χ3v) is 7.63. The topological polar surface area (TPSA) is 140 Å². The van der Waals surface area contributed by atoms with Gasteiger partial charge in [0.1, 0.15) is 12.1 Å². The van der Waals surface area contributed by atoms with E-state index in [0.29, 0.717) is 5.69 Å². The summed E-state index contributed by atoms with van der Waals surface area (Å²) in [6, 6.07) is 5.66. The van der Waals surface area contributed by atoms with E-state index < -0.39 is 41.4 Å². The molecule has 38 heavy (non-hydrogen) atoms. The summed E-state index contributed by atoms with van der Waals surface area (Å²) in [6.07, 6.45) is -0.798. The first-order valence-electron chi connectivity index (χ1n) is 12.6. The van der Waals surface area contributed by atoms with Gasteiger partial charge in [0.05, 0.1) is 22.2 Å². The molecule has 1 aromatic carbocycles. The first-order chi connectivity index (χ1) is 17.8. The van der Waals surface area contributed by atoms with Gasteiger partial charge in [0.2, 0.25) is 17.7 Å². The molecule has 0 bridgehead atoms. The van der Waals surface area contributed by atoms with Crippen LogP contribution in [0.4, 0.5) is 5.69 Å². The number of carbonyl (C=O) groups excluding carboxylic acids is 3. The Morgan fingerprint density at radius 2 is 1.84 bits per heavy atom. The van der Waals surface area contributed by atoms with Crippen molar-refractivity contribution >= 4 is 40.7 Å². The fourth-order valence-corrected chi connectivity index (χ4v) is 5.32. The summed E-state index contributed by atoms with van der Waals surface area (Å²) in [7, 11) is 1.63. The molecular weight excluding hydrogens is 508 g/mol. The number of aliphatic carboxylic acids is 1. The highest BCUT2D eigenvalue weighted by Crippen LogP contribution is 2.31. The number of carboxylic acids is 1. The van der Waals surface area contributed by atoms with Gasteiger partial charge in [-0.05, 0) is 36.5 Å². The number of carboxylic acid groups (broad SMARTS) is 1. The maximum Gasteiger partial charge on any atom is 0.303 e. The molecule has 2 aromatic rings. The van der Waals surface area contributed by atoms with E-state index in [1.54, 1.807) is 44.7 Å². The summed E-state index contributed by atoms with van der Waals surface area (Å²) in [4.78, 5) is 58.6. The Morgan fingerprint density at radius 1 is 1.18 bits per heavy atom. The summed E-state index contributed by atoms with van der Waals surface area (Å²) in [6.45, 7) is 7.32. The standard InChI is InChI=1S/C27H36N4O6S/c1-16-23(38-15-28-16)17-9-11-18(12-10-17)30(5)25(36)20-13-19(32)14-31(20)26(37)24(27(2,3)4)29-21(33)7-6-8-22(34)35/h9-12,15,19-20,24,32H,6-8,13-14H2,1-5H3,(H,29,33)(H,34,35)/t19-,20+,24-/m1/s1. The minimum atomic E-state index is -0.994. The maximum atomic E-state index is 13.7. The van der Waals surface area contributed by atoms with Crippen LogP contribution in [0.5, 0.6) is 0 Å². The average molecular weight is 545 g/mol. The van der Waals surface area contributed by atoms with Gasteiger partial charge >= 0.3 is 5.97 Å². The summed E-state index contributed by atoms with van der Waals surface area (Å²) in [5.74, 6) is -2.22. The Kier molecular flexibility index (Phi) is 9.26. The number of β-amino-alcohol motifs (C(OH)–C–C–N with tert-alkyl or cyclic N) is 1. The number of likely N-dealkylation sites (N-methyl/N-ethyl adjacent to an activating group) is 1. The molecule has 3 amide bonds. The van der Waals surface area contributed by atoms with E-state index in [-0.39, 0.29) is 38.1 Å². The zero-order valence-electron chi connectivity index (χ0n) is 22.4. The van der Waals surface area contributed by atoms with Gasteiger partial charge in [-0.1, -0.05) is 32.9 Å². The lowest BCUT2D eigenvalue weighted by Gasteiger charge is -2.36. The first-order valence-corrected chi connectivity index (χ1v) is 13.4. The van der Waals surface area contributed by atoms with Crippen molar-refractivity contribution in [3.8, 4) is 10.4 Å². The molecule has 206 valence electrons. The number of aromatic nitrogens is 1. The molecule has 0 aliphatic carbocycles. The van der Waals surface area contributed by atoms with Crippen LogP contribution in [0.15, 0.2) is 29.8 Å². The number of hydrogen-bond donors (Lipinski definition) is 3. The Labute approximate surface area is 226 Å². The van der Waals surface area contributed by atoms with E-state index in [2.05, 4.69) is 10.3 Å². The van der Waals surface area contributed by atoms with E-state index in [9.17, 15) is 24.3 Å². The number of aliphatic hydroxyl groups excluding tert-OH is 1. The minimum absolute atomic E-state index is 0.0197. The molecule has 1 aliphatic rings. The molecule has 2 heterocycles. The van der Waals surface area contributed by atoms with Crippen molar-refractivity contribution in [1.29, 1.82) is 0 Å². The lowest BCUT2D eigenvalue weighted by Crippen LogP contribution is -2.57. The second-order valence-corrected chi connectivity index (χ2v) is 11.6. The number of anilines is 1. The summed E-state index contributed by atoms with van der Waals surface area (Å²) < 4.78 is 0. The van der Waals surface area contributed by atoms with E-state index >= 15 is 0 Å². The molecule has 1 aromatic heterocycles. The van der Waals surface area contributed by atoms with Gasteiger partial charge < -0.3 is 25.3 Å². The predicted molar refractivity (Wildman–Crippen MR) is 145 cm³/mol. The molecule has 0 saturated carbocycles. The number of thiazole rings is 1. The van der Waals surface area contributed by atoms with Gasteiger partial charge in [-0.25, -0.2) is 4.98 Å². The van der Waals surface area contributed by atoms with Crippen molar-refractivity contribution in [2.24, 2.45) is 5.41 Å². The SMILES string of the molecule is Cc1ncsc1-c1ccc(N(C)C(=O)[C@@H]2C[C@@H](O)CN2C(=O)[C@@H](NC(=O)CCCC(=O)O)C(C)(C)C)cc1. The van der Waals surface area contributed by atoms with Crippen molar-refractivity contribution in [3.63, 3.8) is 0 Å². The minimum Gasteiger partial charge on any atom is -0.481 e. The number of hydrogen-bond acceptors (Lipinski definition) is 7. The number of nitrogens with zero attached hydrogens (tertiary/aromatic N) is 3. The highest BCUT2D eigenvalue weighted by molar-refractivity contribution is 7.13. The van der Waals surface area contributed by atoms with Crippen LogP contribution in [0, 0.1) is 12.3 Å². The quantitative estimate of drug-likeness (QED) is 0.441. The Balaban J connectivity index is 1.75. The molecule has 1 saturated heterocycles. The van der Waals surface area contributed by atoms with Crippen LogP contribution < -0.4 is 10.2 Å². The zero-order valence-corrected chi connectivity index (χ0v) is 23.2. The maximum absolute atomic E-state index is 13.7. The molecule has 1 fully saturated rings. The first kappa shape index (κ1) is 29.2. The molecule has 0 spiro atoms. The van der Waals surface area contributed by atoms with Gasteiger partial charge in [0.15, 0.2) is 0 Å². The molecule has 3 rings (SSSR count). The van der Waals surface area contributed by atoms with Crippen LogP contribution in [-0.2, 0) is 19.2 Å². The monoisotopic (exact) mass is 544 g/mol. The number of aryl methyl sites for hydroxylation is 1. The third kappa shape index (κ3) is 6.96. The number of likely N-dealkylation sites (tertiary alicyclic amines) is 1. The number of benzene rings is 1. The predicted octanol–water partition coefficient (Wildman–Crippen LogP) is 2.83. The summed E-state index contributed by atoms with van der Waals surface area (Å²) in [5.41, 5.74) is 3.68. The number of nitrogens with one attached hydrogen (secondary N) is 1. The lowest BCUT2D eigenvalue weighted by molar-refractivity contribution is -0.143. The molecular formula is C27H36N4O6S. The summed E-state index contributed by atoms with van der Waals surface area (Å²) in [5, 5.41) is 22.0. The number of aliphatic hydroxyl groups is 1. The third-order valence-electron chi connectivity index (χ3n) is 6.65. The molecule has 1 aliphatic heterocycles. The normalized spacial score (nSPS) is 18.2. The lowest BCUT2D eigenvalue weighted by atomic mass is 9.85. The van der Waals surface area contributed by atoms with Crippen LogP contribution in [0.25, 0.3) is 10.4 Å². The Bertz CT molecular complexity index is 1170. The van der Waals surface area contributed by atoms with E-state index in [4.69, 9.17) is 5.11 Å². The zero-order chi connectivity index (χ0) is 28.2. The molecule has 0 radical (unpaired) electrons. The fourth-order valence-electron chi connectivity index (χ4n) is 4.51. The van der Waals surface area contributed by atoms with Crippen LogP contribution in [0.2, 0.25) is 0 Å². The Hall–Kier alpha value is -3.31. The Morgan fingerprint density at radius 3 is 2.39 bits per heavy atom. The van der Waals surface area contributed by atoms with Crippen LogP contribution in [0.1, 0.15) is 52.1 Å². The smallest absolute Gasteiger partial charge is 0.303 e. The van der Waals surface area contributed by atoms with Gasteiger partial charge in [0.25, 0.3) is 0 Å². The van der Waals surface area contributed by atoms with Crippen LogP contribution in [0.3, 0.4) is 0 Å². The molecule has 11 heteroatoms. The van der Waals surface area contributed by atoms with Crippen molar-refractivity contribution in [2.45, 2.75) is 71.6 Å². The molecule has 0 unspecified atom stereocenters. The van der Waals surface area contributed by atoms with Gasteiger partial charge in [0, 0.05) is 38.5 Å². The second-order valence-electron chi connectivity index (χ2n) is 10.7. The van der Waals surface area contributed by atoms with Gasteiger partial charge in [-0.2, -0.15) is 0 Å². The van der Waals surface area contributed by atoms with Gasteiger partial charge in [-0.3, -0.25) is 19.2 Å². The van der Waals surface area contributed by atoms with Crippen LogP contribution in [-0.4, -0.2) is 75.6 Å². The number of rotatable bonds is 9. The average Bonchev–Trinajstić information content (AvgIpc) is 3.45. The van der Waals surface area contributed by atoms with Crippen molar-refractivity contribution in [3.05, 3.63) is 35.5 Å². The van der Waals surface area contributed by atoms with Gasteiger partial charge in [-0.15, -0.1) is 11.3 Å². The molecule has 3 N–H and O–H groups in total. The second kappa shape index (κ2) is 12.0. The van der Waals surface area contributed by atoms with Crippen molar-refractivity contribution < 1.29 is 29.4 Å². The molecule has 3 atom stereocenters. The highest BCUT2D eigenvalue weighted by Gasteiger charge is 2.45. The largest absolute Gasteiger partial charge is 0.481 e. The van der Waals surface area contributed by atoms with Crippen molar-refractivity contribution in [1.82, 2.24) is 15.2 Å². The molecule has 10 nitrogen and oxygen atoms in total. The van der Waals surface area contributed by atoms with E-state index in [1.165, 1.54) is 9.80 Å². The van der Waals surface area contributed by atoms with E-state index in [0.717, 1.165) is 16.1 Å². The fraction of sp³-hybridized carbons (Fsp3) is 0.519. The van der Waals surface area contributed by atoms with E-state index in [1.807, 2.05) is 31.2 Å². The summed E-state index contributed by atoms with van der Waals surface area (Å²) >= 11 is 1.54.